The van der Waals surface area contributed by atoms with Crippen LogP contribution in [0.3, 0.4) is 0 Å². The topological polar surface area (TPSA) is 80.5 Å². The highest BCUT2D eigenvalue weighted by atomic mass is 32.1. The molecule has 1 fully saturated rings. The summed E-state index contributed by atoms with van der Waals surface area (Å²) < 4.78 is 7.05. The van der Waals surface area contributed by atoms with Gasteiger partial charge in [0.25, 0.3) is 5.19 Å². The number of carbonyl (C=O) groups is 1. The lowest BCUT2D eigenvalue weighted by molar-refractivity contribution is 0.175. The van der Waals surface area contributed by atoms with Crippen LogP contribution in [0.1, 0.15) is 18.4 Å². The molecule has 7 heteroatoms. The lowest BCUT2D eigenvalue weighted by atomic mass is 9.96. The van der Waals surface area contributed by atoms with Gasteiger partial charge in [-0.3, -0.25) is 4.90 Å². The van der Waals surface area contributed by atoms with Crippen LogP contribution in [-0.2, 0) is 6.54 Å². The standard InChI is InChI=1S/C21H24N4O2S/c22-20(26)23-13-15-9-11-25(12-10-15)14-16-5-7-17(8-6-16)27-21-24-18-3-1-2-4-19(18)28-21/h1-8,15H,9-14H2,(H3,22,23,26). The van der Waals surface area contributed by atoms with Gasteiger partial charge in [-0.1, -0.05) is 35.6 Å². The fraction of sp³-hybridized carbons (Fsp3) is 0.333. The summed E-state index contributed by atoms with van der Waals surface area (Å²) in [5.41, 5.74) is 7.38. The Kier molecular flexibility index (Phi) is 5.73. The number of aromatic nitrogens is 1. The van der Waals surface area contributed by atoms with E-state index in [0.29, 0.717) is 17.7 Å². The lowest BCUT2D eigenvalue weighted by Gasteiger charge is -2.31. The summed E-state index contributed by atoms with van der Waals surface area (Å²) in [5, 5.41) is 3.38. The van der Waals surface area contributed by atoms with Gasteiger partial charge in [0.15, 0.2) is 0 Å². The molecule has 2 heterocycles. The van der Waals surface area contributed by atoms with Crippen LogP contribution >= 0.6 is 11.3 Å². The number of rotatable bonds is 6. The van der Waals surface area contributed by atoms with Crippen molar-refractivity contribution in [3.05, 3.63) is 54.1 Å². The molecule has 0 spiro atoms. The second-order valence-corrected chi connectivity index (χ2v) is 8.15. The number of hydrogen-bond donors (Lipinski definition) is 2. The molecule has 1 aliphatic rings. The number of likely N-dealkylation sites (tertiary alicyclic amines) is 1. The van der Waals surface area contributed by atoms with E-state index in [0.717, 1.165) is 48.4 Å². The Bertz CT molecular complexity index is 900. The quantitative estimate of drug-likeness (QED) is 0.661. The molecule has 3 aromatic rings. The average molecular weight is 397 g/mol. The third kappa shape index (κ3) is 4.79. The Morgan fingerprint density at radius 3 is 2.64 bits per heavy atom. The summed E-state index contributed by atoms with van der Waals surface area (Å²) in [4.78, 5) is 17.8. The Labute approximate surface area is 168 Å². The summed E-state index contributed by atoms with van der Waals surface area (Å²) in [5.74, 6) is 1.33. The number of benzene rings is 2. The molecule has 0 bridgehead atoms. The molecule has 0 aliphatic carbocycles. The van der Waals surface area contributed by atoms with Gasteiger partial charge in [0.05, 0.1) is 10.2 Å². The van der Waals surface area contributed by atoms with Crippen molar-refractivity contribution in [3.63, 3.8) is 0 Å². The number of piperidine rings is 1. The van der Waals surface area contributed by atoms with Crippen LogP contribution < -0.4 is 15.8 Å². The van der Waals surface area contributed by atoms with Crippen LogP contribution in [0.2, 0.25) is 0 Å². The first-order valence-corrected chi connectivity index (χ1v) is 10.4. The van der Waals surface area contributed by atoms with Crippen LogP contribution in [0.5, 0.6) is 10.9 Å². The molecule has 1 aromatic heterocycles. The Hall–Kier alpha value is -2.64. The molecular formula is C21H24N4O2S. The number of primary amides is 1. The number of ether oxygens (including phenoxy) is 1. The normalized spacial score (nSPS) is 15.6. The first-order valence-electron chi connectivity index (χ1n) is 9.54. The molecule has 4 rings (SSSR count). The molecule has 0 unspecified atom stereocenters. The van der Waals surface area contributed by atoms with Crippen molar-refractivity contribution >= 4 is 27.6 Å². The zero-order chi connectivity index (χ0) is 19.3. The van der Waals surface area contributed by atoms with E-state index in [1.165, 1.54) is 5.56 Å². The Morgan fingerprint density at radius 2 is 1.93 bits per heavy atom. The van der Waals surface area contributed by atoms with Gasteiger partial charge >= 0.3 is 6.03 Å². The molecule has 3 N–H and O–H groups in total. The number of nitrogens with two attached hydrogens (primary N) is 1. The highest BCUT2D eigenvalue weighted by Crippen LogP contribution is 2.31. The first-order chi connectivity index (χ1) is 13.7. The average Bonchev–Trinajstić information content (AvgIpc) is 3.11. The largest absolute Gasteiger partial charge is 0.431 e. The zero-order valence-electron chi connectivity index (χ0n) is 15.6. The van der Waals surface area contributed by atoms with Crippen LogP contribution in [-0.4, -0.2) is 35.5 Å². The fourth-order valence-corrected chi connectivity index (χ4v) is 4.35. The molecule has 6 nitrogen and oxygen atoms in total. The molecule has 2 amide bonds. The number of carbonyl (C=O) groups excluding carboxylic acids is 1. The zero-order valence-corrected chi connectivity index (χ0v) is 16.5. The van der Waals surface area contributed by atoms with Gasteiger partial charge in [-0.15, -0.1) is 0 Å². The van der Waals surface area contributed by atoms with Gasteiger partial charge in [0, 0.05) is 13.1 Å². The molecule has 0 radical (unpaired) electrons. The maximum Gasteiger partial charge on any atom is 0.312 e. The monoisotopic (exact) mass is 396 g/mol. The van der Waals surface area contributed by atoms with Crippen molar-refractivity contribution in [2.45, 2.75) is 19.4 Å². The summed E-state index contributed by atoms with van der Waals surface area (Å²) in [7, 11) is 0. The molecule has 0 atom stereocenters. The molecule has 146 valence electrons. The maximum absolute atomic E-state index is 10.8. The van der Waals surface area contributed by atoms with Crippen LogP contribution in [0.15, 0.2) is 48.5 Å². The van der Waals surface area contributed by atoms with E-state index in [-0.39, 0.29) is 0 Å². The SMILES string of the molecule is NC(=O)NCC1CCN(Cc2ccc(Oc3nc4ccccc4s3)cc2)CC1. The summed E-state index contributed by atoms with van der Waals surface area (Å²) in [6.07, 6.45) is 2.16. The second-order valence-electron chi connectivity index (χ2n) is 7.16. The fourth-order valence-electron chi connectivity index (χ4n) is 3.51. The van der Waals surface area contributed by atoms with Crippen molar-refractivity contribution in [1.29, 1.82) is 0 Å². The number of fused-ring (bicyclic) bond motifs is 1. The van der Waals surface area contributed by atoms with E-state index in [2.05, 4.69) is 33.4 Å². The van der Waals surface area contributed by atoms with Crippen LogP contribution in [0.25, 0.3) is 10.2 Å². The van der Waals surface area contributed by atoms with E-state index in [1.54, 1.807) is 11.3 Å². The number of urea groups is 1. The Balaban J connectivity index is 1.28. The van der Waals surface area contributed by atoms with Gasteiger partial charge in [-0.05, 0) is 61.7 Å². The predicted octanol–water partition coefficient (Wildman–Crippen LogP) is 3.97. The molecule has 0 saturated carbocycles. The van der Waals surface area contributed by atoms with Crippen LogP contribution in [0, 0.1) is 5.92 Å². The number of thiazole rings is 1. The van der Waals surface area contributed by atoms with E-state index in [9.17, 15) is 4.79 Å². The van der Waals surface area contributed by atoms with Gasteiger partial charge in [-0.25, -0.2) is 9.78 Å². The van der Waals surface area contributed by atoms with Crippen molar-refractivity contribution in [2.24, 2.45) is 11.7 Å². The van der Waals surface area contributed by atoms with Crippen molar-refractivity contribution in [2.75, 3.05) is 19.6 Å². The third-order valence-electron chi connectivity index (χ3n) is 5.08. The van der Waals surface area contributed by atoms with E-state index < -0.39 is 6.03 Å². The van der Waals surface area contributed by atoms with E-state index >= 15 is 0 Å². The second kappa shape index (κ2) is 8.58. The summed E-state index contributed by atoms with van der Waals surface area (Å²) >= 11 is 1.56. The summed E-state index contributed by atoms with van der Waals surface area (Å²) in [6, 6.07) is 15.8. The van der Waals surface area contributed by atoms with E-state index in [1.807, 2.05) is 30.3 Å². The third-order valence-corrected chi connectivity index (χ3v) is 6.00. The van der Waals surface area contributed by atoms with Gasteiger partial charge < -0.3 is 15.8 Å². The number of nitrogens with one attached hydrogen (secondary N) is 1. The van der Waals surface area contributed by atoms with Crippen molar-refractivity contribution < 1.29 is 9.53 Å². The molecule has 1 aliphatic heterocycles. The molecule has 28 heavy (non-hydrogen) atoms. The van der Waals surface area contributed by atoms with Crippen molar-refractivity contribution in [1.82, 2.24) is 15.2 Å². The predicted molar refractivity (Wildman–Crippen MR) is 112 cm³/mol. The lowest BCUT2D eigenvalue weighted by Crippen LogP contribution is -2.39. The minimum Gasteiger partial charge on any atom is -0.431 e. The maximum atomic E-state index is 10.8. The van der Waals surface area contributed by atoms with Crippen LogP contribution in [0.4, 0.5) is 4.79 Å². The van der Waals surface area contributed by atoms with Gasteiger partial charge in [-0.2, -0.15) is 0 Å². The van der Waals surface area contributed by atoms with E-state index in [4.69, 9.17) is 10.5 Å². The Morgan fingerprint density at radius 1 is 1.18 bits per heavy atom. The summed E-state index contributed by atoms with van der Waals surface area (Å²) in [6.45, 7) is 3.68. The van der Waals surface area contributed by atoms with Gasteiger partial charge in [0.2, 0.25) is 0 Å². The smallest absolute Gasteiger partial charge is 0.312 e. The first kappa shape index (κ1) is 18.7. The number of nitrogens with zero attached hydrogens (tertiary/aromatic N) is 2. The highest BCUT2D eigenvalue weighted by molar-refractivity contribution is 7.20. The molecular weight excluding hydrogens is 372 g/mol. The number of hydrogen-bond acceptors (Lipinski definition) is 5. The molecule has 1 saturated heterocycles. The number of amides is 2. The van der Waals surface area contributed by atoms with Crippen molar-refractivity contribution in [3.8, 4) is 10.9 Å². The highest BCUT2D eigenvalue weighted by Gasteiger charge is 2.19. The minimum atomic E-state index is -0.435. The van der Waals surface area contributed by atoms with Gasteiger partial charge in [0.1, 0.15) is 5.75 Å². The number of para-hydroxylation sites is 1. The molecule has 2 aromatic carbocycles. The minimum absolute atomic E-state index is 0.435.